The quantitative estimate of drug-likeness (QED) is 0.623. The molecule has 0 heterocycles. The van der Waals surface area contributed by atoms with Gasteiger partial charge in [0.1, 0.15) is 5.60 Å². The van der Waals surface area contributed by atoms with Crippen LogP contribution >= 0.6 is 0 Å². The second-order valence-corrected chi connectivity index (χ2v) is 4.80. The smallest absolute Gasteiger partial charge is 0.418 e. The van der Waals surface area contributed by atoms with Crippen molar-refractivity contribution in [3.05, 3.63) is 29.3 Å². The standard InChI is InChI=1S/C12H14F3NO2/c1-11(2,3)18-10(17)7-4-5-8(9(16)6-7)12(13,14)15/h4-6H,16H2,1-3H3. The number of rotatable bonds is 1. The predicted octanol–water partition coefficient (Wildman–Crippen LogP) is 3.24. The van der Waals surface area contributed by atoms with E-state index in [9.17, 15) is 18.0 Å². The third-order valence-corrected chi connectivity index (χ3v) is 1.99. The fourth-order valence-electron chi connectivity index (χ4n) is 1.28. The molecule has 3 nitrogen and oxygen atoms in total. The summed E-state index contributed by atoms with van der Waals surface area (Å²) in [6, 6.07) is 2.79. The lowest BCUT2D eigenvalue weighted by atomic mass is 10.1. The van der Waals surface area contributed by atoms with Gasteiger partial charge in [-0.1, -0.05) is 0 Å². The molecular formula is C12H14F3NO2. The van der Waals surface area contributed by atoms with E-state index < -0.39 is 29.0 Å². The molecule has 0 bridgehead atoms. The molecule has 0 aromatic heterocycles. The second kappa shape index (κ2) is 4.51. The maximum atomic E-state index is 12.5. The number of hydrogen-bond acceptors (Lipinski definition) is 3. The van der Waals surface area contributed by atoms with Crippen LogP contribution in [0.15, 0.2) is 18.2 Å². The summed E-state index contributed by atoms with van der Waals surface area (Å²) in [6.07, 6.45) is -4.53. The Hall–Kier alpha value is -1.72. The van der Waals surface area contributed by atoms with Gasteiger partial charge in [-0.15, -0.1) is 0 Å². The first-order valence-corrected chi connectivity index (χ1v) is 5.21. The van der Waals surface area contributed by atoms with Crippen molar-refractivity contribution in [3.8, 4) is 0 Å². The maximum absolute atomic E-state index is 12.5. The number of carbonyl (C=O) groups excluding carboxylic acids is 1. The van der Waals surface area contributed by atoms with Crippen molar-refractivity contribution in [2.45, 2.75) is 32.5 Å². The van der Waals surface area contributed by atoms with E-state index in [1.807, 2.05) is 0 Å². The fourth-order valence-corrected chi connectivity index (χ4v) is 1.28. The van der Waals surface area contributed by atoms with Crippen LogP contribution in [0.2, 0.25) is 0 Å². The van der Waals surface area contributed by atoms with E-state index in [4.69, 9.17) is 10.5 Å². The van der Waals surface area contributed by atoms with Gasteiger partial charge in [0.25, 0.3) is 0 Å². The van der Waals surface area contributed by atoms with Crippen molar-refractivity contribution in [2.24, 2.45) is 0 Å². The van der Waals surface area contributed by atoms with Gasteiger partial charge in [0.05, 0.1) is 11.1 Å². The summed E-state index contributed by atoms with van der Waals surface area (Å²) in [6.45, 7) is 5.00. The maximum Gasteiger partial charge on any atom is 0.418 e. The number of esters is 1. The number of nitrogens with two attached hydrogens (primary N) is 1. The molecule has 0 amide bonds. The van der Waals surface area contributed by atoms with Gasteiger partial charge >= 0.3 is 12.1 Å². The summed E-state index contributed by atoms with van der Waals surface area (Å²) in [5.74, 6) is -0.706. The molecule has 0 aliphatic carbocycles. The molecule has 0 spiro atoms. The van der Waals surface area contributed by atoms with Crippen LogP contribution in [0, 0.1) is 0 Å². The first-order valence-electron chi connectivity index (χ1n) is 5.21. The molecule has 18 heavy (non-hydrogen) atoms. The monoisotopic (exact) mass is 261 g/mol. The van der Waals surface area contributed by atoms with Crippen LogP contribution in [0.3, 0.4) is 0 Å². The topological polar surface area (TPSA) is 52.3 Å². The summed E-state index contributed by atoms with van der Waals surface area (Å²) in [5.41, 5.74) is 3.11. The van der Waals surface area contributed by atoms with Crippen molar-refractivity contribution in [1.29, 1.82) is 0 Å². The number of hydrogen-bond donors (Lipinski definition) is 1. The fraction of sp³-hybridized carbons (Fsp3) is 0.417. The summed E-state index contributed by atoms with van der Waals surface area (Å²) in [7, 11) is 0. The molecule has 0 aliphatic heterocycles. The zero-order valence-electron chi connectivity index (χ0n) is 10.3. The van der Waals surface area contributed by atoms with E-state index in [0.717, 1.165) is 18.2 Å². The van der Waals surface area contributed by atoms with E-state index in [2.05, 4.69) is 0 Å². The molecule has 0 saturated heterocycles. The molecule has 0 atom stereocenters. The molecule has 0 aliphatic rings. The number of halogens is 3. The summed E-state index contributed by atoms with van der Waals surface area (Å²) in [5, 5.41) is 0. The van der Waals surface area contributed by atoms with Gasteiger partial charge in [-0.05, 0) is 39.0 Å². The number of benzene rings is 1. The highest BCUT2D eigenvalue weighted by Crippen LogP contribution is 2.34. The number of anilines is 1. The molecule has 0 radical (unpaired) electrons. The first kappa shape index (κ1) is 14.3. The van der Waals surface area contributed by atoms with Gasteiger partial charge < -0.3 is 10.5 Å². The van der Waals surface area contributed by atoms with Crippen LogP contribution in [0.4, 0.5) is 18.9 Å². The van der Waals surface area contributed by atoms with Crippen molar-refractivity contribution in [1.82, 2.24) is 0 Å². The Morgan fingerprint density at radius 2 is 1.78 bits per heavy atom. The lowest BCUT2D eigenvalue weighted by molar-refractivity contribution is -0.136. The van der Waals surface area contributed by atoms with Crippen LogP contribution in [-0.4, -0.2) is 11.6 Å². The minimum absolute atomic E-state index is 0.00424. The average molecular weight is 261 g/mol. The van der Waals surface area contributed by atoms with Gasteiger partial charge in [0.2, 0.25) is 0 Å². The molecule has 6 heteroatoms. The highest BCUT2D eigenvalue weighted by Gasteiger charge is 2.33. The number of nitrogen functional groups attached to an aromatic ring is 1. The van der Waals surface area contributed by atoms with E-state index in [0.29, 0.717) is 0 Å². The van der Waals surface area contributed by atoms with Gasteiger partial charge in [-0.3, -0.25) is 0 Å². The number of alkyl halides is 3. The average Bonchev–Trinajstić information content (AvgIpc) is 2.12. The Bertz CT molecular complexity index is 461. The molecule has 100 valence electrons. The minimum atomic E-state index is -4.53. The molecule has 2 N–H and O–H groups in total. The zero-order valence-corrected chi connectivity index (χ0v) is 10.3. The highest BCUT2D eigenvalue weighted by atomic mass is 19.4. The third kappa shape index (κ3) is 3.65. The van der Waals surface area contributed by atoms with Gasteiger partial charge in [-0.25, -0.2) is 4.79 Å². The Kier molecular flexibility index (Phi) is 3.59. The molecule has 0 unspecified atom stereocenters. The molecule has 1 rings (SSSR count). The van der Waals surface area contributed by atoms with Gasteiger partial charge in [-0.2, -0.15) is 13.2 Å². The lowest BCUT2D eigenvalue weighted by Gasteiger charge is -2.20. The molecular weight excluding hydrogens is 247 g/mol. The number of ether oxygens (including phenoxy) is 1. The van der Waals surface area contributed by atoms with E-state index >= 15 is 0 Å². The largest absolute Gasteiger partial charge is 0.456 e. The summed E-state index contributed by atoms with van der Waals surface area (Å²) < 4.78 is 42.4. The van der Waals surface area contributed by atoms with Crippen molar-refractivity contribution < 1.29 is 22.7 Å². The lowest BCUT2D eigenvalue weighted by Crippen LogP contribution is -2.24. The Morgan fingerprint density at radius 1 is 1.22 bits per heavy atom. The summed E-state index contributed by atoms with van der Waals surface area (Å²) >= 11 is 0. The number of carbonyl (C=O) groups is 1. The van der Waals surface area contributed by atoms with E-state index in [-0.39, 0.29) is 5.56 Å². The van der Waals surface area contributed by atoms with Crippen molar-refractivity contribution in [2.75, 3.05) is 5.73 Å². The zero-order chi connectivity index (χ0) is 14.1. The molecule has 0 fully saturated rings. The SMILES string of the molecule is CC(C)(C)OC(=O)c1ccc(C(F)(F)F)c(N)c1. The Morgan fingerprint density at radius 3 is 2.17 bits per heavy atom. The van der Waals surface area contributed by atoms with E-state index in [1.165, 1.54) is 0 Å². The van der Waals surface area contributed by atoms with Crippen molar-refractivity contribution >= 4 is 11.7 Å². The molecule has 1 aromatic carbocycles. The normalized spacial score (nSPS) is 12.3. The third-order valence-electron chi connectivity index (χ3n) is 1.99. The molecule has 0 saturated carbocycles. The van der Waals surface area contributed by atoms with E-state index in [1.54, 1.807) is 20.8 Å². The van der Waals surface area contributed by atoms with Crippen LogP contribution in [0.5, 0.6) is 0 Å². The Labute approximate surface area is 103 Å². The first-order chi connectivity index (χ1) is 8.00. The van der Waals surface area contributed by atoms with Crippen LogP contribution in [-0.2, 0) is 10.9 Å². The highest BCUT2D eigenvalue weighted by molar-refractivity contribution is 5.91. The summed E-state index contributed by atoms with van der Waals surface area (Å²) in [4.78, 5) is 11.6. The van der Waals surface area contributed by atoms with Gasteiger partial charge in [0, 0.05) is 5.69 Å². The Balaban J connectivity index is 3.02. The van der Waals surface area contributed by atoms with Gasteiger partial charge in [0.15, 0.2) is 0 Å². The second-order valence-electron chi connectivity index (χ2n) is 4.80. The van der Waals surface area contributed by atoms with Crippen molar-refractivity contribution in [3.63, 3.8) is 0 Å². The van der Waals surface area contributed by atoms with Crippen LogP contribution < -0.4 is 5.73 Å². The predicted molar refractivity (Wildman–Crippen MR) is 61.0 cm³/mol. The van der Waals surface area contributed by atoms with Crippen LogP contribution in [0.25, 0.3) is 0 Å². The molecule has 1 aromatic rings. The van der Waals surface area contributed by atoms with Crippen LogP contribution in [0.1, 0.15) is 36.7 Å². The minimum Gasteiger partial charge on any atom is -0.456 e.